The van der Waals surface area contributed by atoms with Gasteiger partial charge in [0.15, 0.2) is 9.84 Å². The Hall–Kier alpha value is -1.61. The number of halogens is 3. The molecule has 0 bridgehead atoms. The molecule has 0 atom stereocenters. The first-order chi connectivity index (χ1) is 9.85. The summed E-state index contributed by atoms with van der Waals surface area (Å²) in [6.45, 7) is 0. The number of sulfone groups is 1. The second kappa shape index (κ2) is 6.02. The Kier molecular flexibility index (Phi) is 4.52. The maximum atomic E-state index is 13.3. The Morgan fingerprint density at radius 2 is 1.76 bits per heavy atom. The lowest BCUT2D eigenvalue weighted by molar-refractivity contribution is 0.594. The highest BCUT2D eigenvalue weighted by atomic mass is 35.5. The summed E-state index contributed by atoms with van der Waals surface area (Å²) >= 11 is 11.8. The van der Waals surface area contributed by atoms with Crippen molar-refractivity contribution in [3.05, 3.63) is 63.4 Å². The minimum Gasteiger partial charge on any atom is -0.223 e. The molecule has 0 aliphatic carbocycles. The summed E-state index contributed by atoms with van der Waals surface area (Å²) in [4.78, 5) is -0.221. The van der Waals surface area contributed by atoms with Crippen LogP contribution < -0.4 is 0 Å². The third-order valence-electron chi connectivity index (χ3n) is 2.76. The van der Waals surface area contributed by atoms with E-state index < -0.39 is 21.4 Å². The van der Waals surface area contributed by atoms with E-state index >= 15 is 0 Å². The largest absolute Gasteiger partial charge is 0.223 e. The molecule has 2 aromatic carbocycles. The van der Waals surface area contributed by atoms with Crippen LogP contribution in [-0.4, -0.2) is 8.42 Å². The molecule has 2 rings (SSSR count). The summed E-state index contributed by atoms with van der Waals surface area (Å²) in [7, 11) is -3.91. The topological polar surface area (TPSA) is 57.9 Å². The second-order valence-electron chi connectivity index (χ2n) is 4.22. The van der Waals surface area contributed by atoms with Crippen LogP contribution >= 0.6 is 23.2 Å². The van der Waals surface area contributed by atoms with Gasteiger partial charge in [-0.1, -0.05) is 29.3 Å². The number of nitriles is 1. The molecular weight excluding hydrogens is 336 g/mol. The zero-order valence-corrected chi connectivity index (χ0v) is 12.8. The standard InChI is InChI=1S/C14H8Cl2FNO2S/c15-12-2-1-3-13(16)14(12)21(19,20)8-10-6-11(17)5-4-9(10)7-18/h1-6H,8H2. The van der Waals surface area contributed by atoms with Crippen LogP contribution in [0.1, 0.15) is 11.1 Å². The Morgan fingerprint density at radius 3 is 2.33 bits per heavy atom. The molecular formula is C14H8Cl2FNO2S. The fourth-order valence-corrected chi connectivity index (χ4v) is 4.47. The highest BCUT2D eigenvalue weighted by molar-refractivity contribution is 7.90. The first kappa shape index (κ1) is 15.8. The molecule has 0 unspecified atom stereocenters. The van der Waals surface area contributed by atoms with Gasteiger partial charge in [0.25, 0.3) is 0 Å². The van der Waals surface area contributed by atoms with Gasteiger partial charge in [0, 0.05) is 0 Å². The van der Waals surface area contributed by atoms with Gasteiger partial charge in [-0.05, 0) is 35.9 Å². The van der Waals surface area contributed by atoms with Gasteiger partial charge in [-0.25, -0.2) is 12.8 Å². The molecule has 0 aliphatic heterocycles. The average molecular weight is 344 g/mol. The summed E-state index contributed by atoms with van der Waals surface area (Å²) < 4.78 is 38.1. The molecule has 0 N–H and O–H groups in total. The Labute approximate surface area is 131 Å². The predicted molar refractivity (Wildman–Crippen MR) is 78.5 cm³/mol. The summed E-state index contributed by atoms with van der Waals surface area (Å²) in [5.41, 5.74) is 0.150. The van der Waals surface area contributed by atoms with E-state index in [4.69, 9.17) is 28.5 Å². The molecule has 0 heterocycles. The molecule has 0 aromatic heterocycles. The van der Waals surface area contributed by atoms with Crippen molar-refractivity contribution in [3.63, 3.8) is 0 Å². The number of hydrogen-bond acceptors (Lipinski definition) is 3. The Morgan fingerprint density at radius 1 is 1.14 bits per heavy atom. The number of benzene rings is 2. The predicted octanol–water partition coefficient (Wildman–Crippen LogP) is 3.98. The van der Waals surface area contributed by atoms with Crippen LogP contribution in [-0.2, 0) is 15.6 Å². The fraction of sp³-hybridized carbons (Fsp3) is 0.0714. The van der Waals surface area contributed by atoms with Crippen molar-refractivity contribution in [2.24, 2.45) is 0 Å². The van der Waals surface area contributed by atoms with E-state index in [-0.39, 0.29) is 26.1 Å². The van der Waals surface area contributed by atoms with Crippen LogP contribution in [0.15, 0.2) is 41.3 Å². The summed E-state index contributed by atoms with van der Waals surface area (Å²) in [5.74, 6) is -1.18. The highest BCUT2D eigenvalue weighted by Crippen LogP contribution is 2.31. The van der Waals surface area contributed by atoms with Gasteiger partial charge in [-0.15, -0.1) is 0 Å². The van der Waals surface area contributed by atoms with E-state index in [0.29, 0.717) is 0 Å². The van der Waals surface area contributed by atoms with Gasteiger partial charge < -0.3 is 0 Å². The molecule has 2 aromatic rings. The molecule has 0 saturated heterocycles. The maximum absolute atomic E-state index is 13.3. The van der Waals surface area contributed by atoms with Crippen molar-refractivity contribution in [1.82, 2.24) is 0 Å². The molecule has 21 heavy (non-hydrogen) atoms. The van der Waals surface area contributed by atoms with Gasteiger partial charge in [0.05, 0.1) is 27.4 Å². The smallest absolute Gasteiger partial charge is 0.185 e. The summed E-state index contributed by atoms with van der Waals surface area (Å²) in [6, 6.07) is 9.49. The van der Waals surface area contributed by atoms with Crippen molar-refractivity contribution < 1.29 is 12.8 Å². The maximum Gasteiger partial charge on any atom is 0.185 e. The molecule has 3 nitrogen and oxygen atoms in total. The van der Waals surface area contributed by atoms with Gasteiger partial charge in [0.1, 0.15) is 10.7 Å². The highest BCUT2D eigenvalue weighted by Gasteiger charge is 2.23. The lowest BCUT2D eigenvalue weighted by Gasteiger charge is -2.09. The molecule has 0 spiro atoms. The monoisotopic (exact) mass is 343 g/mol. The minimum absolute atomic E-state index is 0.0163. The third-order valence-corrected chi connectivity index (χ3v) is 5.37. The van der Waals surface area contributed by atoms with Crippen LogP contribution in [0.5, 0.6) is 0 Å². The van der Waals surface area contributed by atoms with Crippen molar-refractivity contribution in [3.8, 4) is 6.07 Å². The first-order valence-corrected chi connectivity index (χ1v) is 8.11. The van der Waals surface area contributed by atoms with Crippen LogP contribution in [0.4, 0.5) is 4.39 Å². The van der Waals surface area contributed by atoms with E-state index in [9.17, 15) is 12.8 Å². The number of nitrogens with zero attached hydrogens (tertiary/aromatic N) is 1. The van der Waals surface area contributed by atoms with Crippen molar-refractivity contribution in [2.45, 2.75) is 10.6 Å². The normalized spacial score (nSPS) is 11.1. The minimum atomic E-state index is -3.91. The van der Waals surface area contributed by atoms with Crippen molar-refractivity contribution in [1.29, 1.82) is 5.26 Å². The fourth-order valence-electron chi connectivity index (χ4n) is 1.85. The van der Waals surface area contributed by atoms with Crippen molar-refractivity contribution in [2.75, 3.05) is 0 Å². The lowest BCUT2D eigenvalue weighted by atomic mass is 10.1. The summed E-state index contributed by atoms with van der Waals surface area (Å²) in [6.07, 6.45) is 0. The third kappa shape index (κ3) is 3.35. The van der Waals surface area contributed by atoms with Gasteiger partial charge >= 0.3 is 0 Å². The first-order valence-electron chi connectivity index (χ1n) is 5.70. The molecule has 0 radical (unpaired) electrons. The molecule has 108 valence electrons. The average Bonchev–Trinajstić information content (AvgIpc) is 2.37. The molecule has 7 heteroatoms. The van der Waals surface area contributed by atoms with Gasteiger partial charge in [-0.3, -0.25) is 0 Å². The van der Waals surface area contributed by atoms with E-state index in [0.717, 1.165) is 12.1 Å². The summed E-state index contributed by atoms with van der Waals surface area (Å²) in [5, 5.41) is 8.93. The molecule has 0 aliphatic rings. The van der Waals surface area contributed by atoms with Crippen LogP contribution in [0.3, 0.4) is 0 Å². The Balaban J connectivity index is 2.53. The lowest BCUT2D eigenvalue weighted by Crippen LogP contribution is -2.08. The zero-order chi connectivity index (χ0) is 15.6. The van der Waals surface area contributed by atoms with Gasteiger partial charge in [0.2, 0.25) is 0 Å². The van der Waals surface area contributed by atoms with Crippen LogP contribution in [0.25, 0.3) is 0 Å². The molecule has 0 amide bonds. The van der Waals surface area contributed by atoms with Crippen LogP contribution in [0.2, 0.25) is 10.0 Å². The molecule has 0 saturated carbocycles. The Bertz CT molecular complexity index is 824. The SMILES string of the molecule is N#Cc1ccc(F)cc1CS(=O)(=O)c1c(Cl)cccc1Cl. The van der Waals surface area contributed by atoms with E-state index in [1.54, 1.807) is 0 Å². The zero-order valence-electron chi connectivity index (χ0n) is 10.5. The van der Waals surface area contributed by atoms with E-state index in [1.165, 1.54) is 24.3 Å². The van der Waals surface area contributed by atoms with Crippen LogP contribution in [0, 0.1) is 17.1 Å². The van der Waals surface area contributed by atoms with Gasteiger partial charge in [-0.2, -0.15) is 5.26 Å². The number of hydrogen-bond donors (Lipinski definition) is 0. The van der Waals surface area contributed by atoms with Crippen molar-refractivity contribution >= 4 is 33.0 Å². The van der Waals surface area contributed by atoms with E-state index in [1.807, 2.05) is 6.07 Å². The second-order valence-corrected chi connectivity index (χ2v) is 6.96. The molecule has 0 fully saturated rings. The van der Waals surface area contributed by atoms with E-state index in [2.05, 4.69) is 0 Å². The quantitative estimate of drug-likeness (QED) is 0.846. The number of rotatable bonds is 3.